The highest BCUT2D eigenvalue weighted by atomic mass is 16.6. The van der Waals surface area contributed by atoms with E-state index in [2.05, 4.69) is 10.6 Å². The van der Waals surface area contributed by atoms with E-state index >= 15 is 0 Å². The van der Waals surface area contributed by atoms with Crippen LogP contribution in [0.5, 0.6) is 11.5 Å². The van der Waals surface area contributed by atoms with Crippen molar-refractivity contribution in [2.24, 2.45) is 0 Å². The zero-order chi connectivity index (χ0) is 19.0. The number of carbonyl (C=O) groups is 2. The smallest absolute Gasteiger partial charge is 0.407 e. The van der Waals surface area contributed by atoms with Crippen LogP contribution in [0, 0.1) is 0 Å². The molecule has 0 unspecified atom stereocenters. The number of hydrogen-bond donors (Lipinski definition) is 2. The van der Waals surface area contributed by atoms with Crippen molar-refractivity contribution in [1.29, 1.82) is 0 Å². The molecule has 0 radical (unpaired) electrons. The van der Waals surface area contributed by atoms with Gasteiger partial charge < -0.3 is 24.8 Å². The van der Waals surface area contributed by atoms with Gasteiger partial charge in [0.25, 0.3) is 0 Å². The van der Waals surface area contributed by atoms with Gasteiger partial charge in [-0.25, -0.2) is 4.79 Å². The lowest BCUT2D eigenvalue weighted by molar-refractivity contribution is -0.114. The Balaban J connectivity index is 2.64. The molecular formula is C18H28N2O5. The number of alkyl carbamates (subject to hydrolysis) is 1. The summed E-state index contributed by atoms with van der Waals surface area (Å²) in [7, 11) is 0. The maximum atomic E-state index is 11.6. The lowest BCUT2D eigenvalue weighted by Gasteiger charge is -2.20. The summed E-state index contributed by atoms with van der Waals surface area (Å²) in [6.07, 6.45) is -0.518. The van der Waals surface area contributed by atoms with Crippen molar-refractivity contribution in [1.82, 2.24) is 5.32 Å². The third-order valence-corrected chi connectivity index (χ3v) is 2.65. The van der Waals surface area contributed by atoms with Crippen LogP contribution in [0.4, 0.5) is 10.5 Å². The number of amides is 2. The summed E-state index contributed by atoms with van der Waals surface area (Å²) < 4.78 is 16.5. The van der Waals surface area contributed by atoms with Gasteiger partial charge in [-0.1, -0.05) is 0 Å². The first-order valence-electron chi connectivity index (χ1n) is 8.25. The van der Waals surface area contributed by atoms with Crippen LogP contribution >= 0.6 is 0 Å². The summed E-state index contributed by atoms with van der Waals surface area (Å²) in [6.45, 7) is 11.2. The molecule has 0 aliphatic heterocycles. The fourth-order valence-corrected chi connectivity index (χ4v) is 1.88. The molecule has 1 aromatic carbocycles. The van der Waals surface area contributed by atoms with Gasteiger partial charge >= 0.3 is 6.09 Å². The molecule has 140 valence electrons. The Morgan fingerprint density at radius 1 is 1.16 bits per heavy atom. The van der Waals surface area contributed by atoms with Crippen molar-refractivity contribution in [3.8, 4) is 11.5 Å². The first kappa shape index (κ1) is 20.6. The molecule has 2 N–H and O–H groups in total. The van der Waals surface area contributed by atoms with E-state index in [-0.39, 0.29) is 25.2 Å². The van der Waals surface area contributed by atoms with E-state index in [9.17, 15) is 9.59 Å². The van der Waals surface area contributed by atoms with E-state index in [1.807, 2.05) is 13.8 Å². The van der Waals surface area contributed by atoms with Crippen LogP contribution in [0.25, 0.3) is 0 Å². The molecule has 0 fully saturated rings. The van der Waals surface area contributed by atoms with Gasteiger partial charge in [-0.15, -0.1) is 0 Å². The molecule has 0 saturated carbocycles. The minimum absolute atomic E-state index is 0.0196. The molecule has 25 heavy (non-hydrogen) atoms. The number of nitrogens with one attached hydrogen (secondary N) is 2. The van der Waals surface area contributed by atoms with Gasteiger partial charge in [0.1, 0.15) is 12.2 Å². The van der Waals surface area contributed by atoms with Gasteiger partial charge in [0, 0.05) is 18.7 Å². The number of carbonyl (C=O) groups excluding carboxylic acids is 2. The van der Waals surface area contributed by atoms with E-state index in [1.54, 1.807) is 39.0 Å². The second-order valence-corrected chi connectivity index (χ2v) is 6.79. The predicted molar refractivity (Wildman–Crippen MR) is 96.2 cm³/mol. The monoisotopic (exact) mass is 352 g/mol. The molecule has 2 amide bonds. The predicted octanol–water partition coefficient (Wildman–Crippen LogP) is 3.34. The summed E-state index contributed by atoms with van der Waals surface area (Å²) >= 11 is 0. The second-order valence-electron chi connectivity index (χ2n) is 6.79. The Bertz CT molecular complexity index is 594. The maximum absolute atomic E-state index is 11.6. The summed E-state index contributed by atoms with van der Waals surface area (Å²) in [6, 6.07) is 5.17. The molecule has 1 rings (SSSR count). The molecule has 0 atom stereocenters. The molecular weight excluding hydrogens is 324 g/mol. The van der Waals surface area contributed by atoms with Crippen molar-refractivity contribution in [2.45, 2.75) is 53.2 Å². The molecule has 7 heteroatoms. The minimum Gasteiger partial charge on any atom is -0.488 e. The van der Waals surface area contributed by atoms with Crippen LogP contribution in [0.2, 0.25) is 0 Å². The van der Waals surface area contributed by atoms with Crippen molar-refractivity contribution < 1.29 is 23.8 Å². The van der Waals surface area contributed by atoms with E-state index in [1.165, 1.54) is 6.92 Å². The van der Waals surface area contributed by atoms with Crippen LogP contribution < -0.4 is 20.1 Å². The molecule has 0 saturated heterocycles. The third kappa shape index (κ3) is 8.83. The Hall–Kier alpha value is -2.44. The molecule has 0 aromatic heterocycles. The SMILES string of the molecule is CC(=O)Nc1ccc(OC(C)C)c(OCCNC(=O)OC(C)(C)C)c1. The van der Waals surface area contributed by atoms with Gasteiger partial charge in [-0.2, -0.15) is 0 Å². The molecule has 0 bridgehead atoms. The molecule has 0 spiro atoms. The molecule has 7 nitrogen and oxygen atoms in total. The third-order valence-electron chi connectivity index (χ3n) is 2.65. The summed E-state index contributed by atoms with van der Waals surface area (Å²) in [5.74, 6) is 0.891. The molecule has 0 aliphatic rings. The molecule has 1 aromatic rings. The Kier molecular flexibility index (Phi) is 7.54. The molecule has 0 heterocycles. The average molecular weight is 352 g/mol. The van der Waals surface area contributed by atoms with Crippen molar-refractivity contribution in [3.05, 3.63) is 18.2 Å². The zero-order valence-electron chi connectivity index (χ0n) is 15.8. The van der Waals surface area contributed by atoms with E-state index in [0.29, 0.717) is 17.2 Å². The highest BCUT2D eigenvalue weighted by Gasteiger charge is 2.15. The van der Waals surface area contributed by atoms with Gasteiger partial charge in [-0.05, 0) is 46.8 Å². The first-order valence-corrected chi connectivity index (χ1v) is 8.25. The topological polar surface area (TPSA) is 85.9 Å². The fraction of sp³-hybridized carbons (Fsp3) is 0.556. The number of rotatable bonds is 7. The normalized spacial score (nSPS) is 11.0. The van der Waals surface area contributed by atoms with E-state index < -0.39 is 11.7 Å². The highest BCUT2D eigenvalue weighted by molar-refractivity contribution is 5.89. The van der Waals surface area contributed by atoms with Crippen molar-refractivity contribution in [2.75, 3.05) is 18.5 Å². The molecule has 0 aliphatic carbocycles. The Morgan fingerprint density at radius 2 is 1.84 bits per heavy atom. The van der Waals surface area contributed by atoms with Crippen LogP contribution in [-0.2, 0) is 9.53 Å². The van der Waals surface area contributed by atoms with Gasteiger partial charge in [0.2, 0.25) is 5.91 Å². The van der Waals surface area contributed by atoms with Gasteiger partial charge in [0.15, 0.2) is 11.5 Å². The highest BCUT2D eigenvalue weighted by Crippen LogP contribution is 2.31. The van der Waals surface area contributed by atoms with Crippen LogP contribution in [0.3, 0.4) is 0 Å². The summed E-state index contributed by atoms with van der Waals surface area (Å²) in [5, 5.41) is 5.32. The van der Waals surface area contributed by atoms with Crippen LogP contribution in [0.15, 0.2) is 18.2 Å². The number of hydrogen-bond acceptors (Lipinski definition) is 5. The van der Waals surface area contributed by atoms with Gasteiger partial charge in [0.05, 0.1) is 12.6 Å². The number of anilines is 1. The van der Waals surface area contributed by atoms with Gasteiger partial charge in [-0.3, -0.25) is 4.79 Å². The van der Waals surface area contributed by atoms with Crippen LogP contribution in [-0.4, -0.2) is 36.9 Å². The lowest BCUT2D eigenvalue weighted by atomic mass is 10.2. The summed E-state index contributed by atoms with van der Waals surface area (Å²) in [4.78, 5) is 22.8. The Morgan fingerprint density at radius 3 is 2.40 bits per heavy atom. The van der Waals surface area contributed by atoms with E-state index in [0.717, 1.165) is 0 Å². The maximum Gasteiger partial charge on any atom is 0.407 e. The standard InChI is InChI=1S/C18H28N2O5/c1-12(2)24-15-8-7-14(20-13(3)21)11-16(15)23-10-9-19-17(22)25-18(4,5)6/h7-8,11-12H,9-10H2,1-6H3,(H,19,22)(H,20,21). The minimum atomic E-state index is -0.546. The van der Waals surface area contributed by atoms with Crippen molar-refractivity contribution in [3.63, 3.8) is 0 Å². The quantitative estimate of drug-likeness (QED) is 0.735. The summed E-state index contributed by atoms with van der Waals surface area (Å²) in [5.41, 5.74) is 0.0642. The lowest BCUT2D eigenvalue weighted by Crippen LogP contribution is -2.34. The Labute approximate surface area is 149 Å². The largest absolute Gasteiger partial charge is 0.488 e. The van der Waals surface area contributed by atoms with Crippen molar-refractivity contribution >= 4 is 17.7 Å². The zero-order valence-corrected chi connectivity index (χ0v) is 15.8. The second kappa shape index (κ2) is 9.15. The number of benzene rings is 1. The van der Waals surface area contributed by atoms with Crippen LogP contribution in [0.1, 0.15) is 41.5 Å². The average Bonchev–Trinajstić information content (AvgIpc) is 2.43. The van der Waals surface area contributed by atoms with E-state index in [4.69, 9.17) is 14.2 Å². The number of ether oxygens (including phenoxy) is 3. The fourth-order valence-electron chi connectivity index (χ4n) is 1.88. The first-order chi connectivity index (χ1) is 11.6.